The quantitative estimate of drug-likeness (QED) is 0.573. The number of nitrogens with zero attached hydrogens (tertiary/aromatic N) is 2. The molecule has 16 heavy (non-hydrogen) atoms. The molecule has 1 aliphatic rings. The summed E-state index contributed by atoms with van der Waals surface area (Å²) in [7, 11) is -3.79. The highest BCUT2D eigenvalue weighted by Gasteiger charge is 2.32. The number of hydrogen-bond donors (Lipinski definition) is 0. The minimum absolute atomic E-state index is 0.229. The lowest BCUT2D eigenvalue weighted by Gasteiger charge is -2.11. The molecule has 1 aromatic rings. The normalized spacial score (nSPS) is 16.0. The van der Waals surface area contributed by atoms with Crippen LogP contribution in [0.2, 0.25) is 0 Å². The summed E-state index contributed by atoms with van der Waals surface area (Å²) in [5.74, 6) is -1.04. The molecule has 7 heteroatoms. The smallest absolute Gasteiger partial charge is 0.263 e. The second-order valence-electron chi connectivity index (χ2n) is 3.61. The molecular formula is C9H10N2O4S. The molecule has 1 aliphatic heterocycles. The summed E-state index contributed by atoms with van der Waals surface area (Å²) in [6.07, 6.45) is 0. The first kappa shape index (κ1) is 11.0. The van der Waals surface area contributed by atoms with E-state index in [2.05, 4.69) is 0 Å². The Balaban J connectivity index is 2.21. The third-order valence-electron chi connectivity index (χ3n) is 2.47. The first-order valence-corrected chi connectivity index (χ1v) is 6.26. The van der Waals surface area contributed by atoms with Gasteiger partial charge in [0.15, 0.2) is 0 Å². The summed E-state index contributed by atoms with van der Waals surface area (Å²) in [5.41, 5.74) is 1.82. The van der Waals surface area contributed by atoms with Crippen molar-refractivity contribution in [2.45, 2.75) is 13.1 Å². The van der Waals surface area contributed by atoms with Gasteiger partial charge in [-0.15, -0.1) is 0 Å². The van der Waals surface area contributed by atoms with Crippen molar-refractivity contribution in [2.24, 2.45) is 0 Å². The maximum atomic E-state index is 11.6. The van der Waals surface area contributed by atoms with E-state index in [-0.39, 0.29) is 13.1 Å². The Morgan fingerprint density at radius 1 is 1.25 bits per heavy atom. The van der Waals surface area contributed by atoms with Gasteiger partial charge in [-0.1, -0.05) is 24.3 Å². The molecule has 0 radical (unpaired) electrons. The van der Waals surface area contributed by atoms with Crippen LogP contribution in [-0.2, 0) is 23.1 Å². The maximum absolute atomic E-state index is 11.6. The van der Waals surface area contributed by atoms with E-state index in [9.17, 15) is 18.5 Å². The summed E-state index contributed by atoms with van der Waals surface area (Å²) >= 11 is 0. The molecule has 0 amide bonds. The lowest BCUT2D eigenvalue weighted by atomic mass is 10.1. The zero-order valence-electron chi connectivity index (χ0n) is 8.37. The first-order chi connectivity index (χ1) is 7.49. The molecule has 0 saturated heterocycles. The van der Waals surface area contributed by atoms with Gasteiger partial charge in [-0.2, -0.15) is 4.31 Å². The Morgan fingerprint density at radius 3 is 2.19 bits per heavy atom. The zero-order chi connectivity index (χ0) is 11.8. The van der Waals surface area contributed by atoms with E-state index in [0.717, 1.165) is 15.4 Å². The summed E-state index contributed by atoms with van der Waals surface area (Å²) in [6.45, 7) is 0.457. The Kier molecular flexibility index (Phi) is 2.64. The van der Waals surface area contributed by atoms with Crippen LogP contribution in [0, 0.1) is 10.1 Å². The van der Waals surface area contributed by atoms with Crippen LogP contribution in [-0.4, -0.2) is 23.5 Å². The van der Waals surface area contributed by atoms with E-state index in [0.29, 0.717) is 0 Å². The molecule has 1 aromatic carbocycles. The van der Waals surface area contributed by atoms with Crippen molar-refractivity contribution < 1.29 is 13.3 Å². The Morgan fingerprint density at radius 2 is 1.75 bits per heavy atom. The number of fused-ring (bicyclic) bond motifs is 1. The lowest BCUT2D eigenvalue weighted by molar-refractivity contribution is -0.459. The van der Waals surface area contributed by atoms with Crippen molar-refractivity contribution in [3.63, 3.8) is 0 Å². The lowest BCUT2D eigenvalue weighted by Crippen LogP contribution is -2.31. The third kappa shape index (κ3) is 2.05. The summed E-state index contributed by atoms with van der Waals surface area (Å²) in [4.78, 5) is 9.42. The summed E-state index contributed by atoms with van der Waals surface area (Å²) in [6, 6.07) is 7.30. The van der Waals surface area contributed by atoms with Crippen molar-refractivity contribution in [3.8, 4) is 0 Å². The molecule has 0 spiro atoms. The molecular weight excluding hydrogens is 232 g/mol. The fraction of sp³-hybridized carbons (Fsp3) is 0.333. The Labute approximate surface area is 92.7 Å². The first-order valence-electron chi connectivity index (χ1n) is 4.65. The van der Waals surface area contributed by atoms with Gasteiger partial charge in [0, 0.05) is 18.0 Å². The molecule has 6 nitrogen and oxygen atoms in total. The van der Waals surface area contributed by atoms with Crippen LogP contribution >= 0.6 is 0 Å². The monoisotopic (exact) mass is 242 g/mol. The highest BCUT2D eigenvalue weighted by molar-refractivity contribution is 7.88. The molecule has 86 valence electrons. The molecule has 0 aromatic heterocycles. The van der Waals surface area contributed by atoms with Gasteiger partial charge in [-0.25, -0.2) is 8.42 Å². The van der Waals surface area contributed by atoms with E-state index >= 15 is 0 Å². The van der Waals surface area contributed by atoms with Crippen LogP contribution in [0.25, 0.3) is 0 Å². The van der Waals surface area contributed by atoms with Gasteiger partial charge in [0.1, 0.15) is 0 Å². The van der Waals surface area contributed by atoms with E-state index in [1.807, 2.05) is 24.3 Å². The fourth-order valence-electron chi connectivity index (χ4n) is 1.71. The predicted molar refractivity (Wildman–Crippen MR) is 56.5 cm³/mol. The molecule has 0 atom stereocenters. The topological polar surface area (TPSA) is 80.5 Å². The molecule has 0 saturated carbocycles. The minimum atomic E-state index is -3.79. The number of benzene rings is 1. The van der Waals surface area contributed by atoms with Crippen molar-refractivity contribution in [1.82, 2.24) is 4.31 Å². The molecule has 2 rings (SSSR count). The molecule has 0 bridgehead atoms. The van der Waals surface area contributed by atoms with E-state index in [1.165, 1.54) is 0 Å². The summed E-state index contributed by atoms with van der Waals surface area (Å²) in [5, 5.41) is 10.2. The standard InChI is InChI=1S/C9H10N2O4S/c12-11(13)7-16(14,15)10-5-8-3-1-2-4-9(8)6-10/h1-4H,5-7H2. The van der Waals surface area contributed by atoms with Gasteiger partial charge < -0.3 is 0 Å². The van der Waals surface area contributed by atoms with Crippen LogP contribution < -0.4 is 0 Å². The van der Waals surface area contributed by atoms with Crippen LogP contribution in [0.1, 0.15) is 11.1 Å². The maximum Gasteiger partial charge on any atom is 0.315 e. The van der Waals surface area contributed by atoms with Gasteiger partial charge in [0.2, 0.25) is 0 Å². The molecule has 0 unspecified atom stereocenters. The average Bonchev–Trinajstić information content (AvgIpc) is 2.59. The van der Waals surface area contributed by atoms with E-state index < -0.39 is 20.8 Å². The van der Waals surface area contributed by atoms with Gasteiger partial charge in [-0.3, -0.25) is 10.1 Å². The van der Waals surface area contributed by atoms with Gasteiger partial charge in [-0.05, 0) is 11.1 Å². The van der Waals surface area contributed by atoms with Crippen molar-refractivity contribution in [2.75, 3.05) is 5.88 Å². The second-order valence-corrected chi connectivity index (χ2v) is 5.55. The van der Waals surface area contributed by atoms with Gasteiger partial charge >= 0.3 is 5.88 Å². The average molecular weight is 242 g/mol. The number of rotatable bonds is 3. The highest BCUT2D eigenvalue weighted by Crippen LogP contribution is 2.24. The molecule has 0 aliphatic carbocycles. The second kappa shape index (κ2) is 3.84. The van der Waals surface area contributed by atoms with Crippen LogP contribution in [0.3, 0.4) is 0 Å². The van der Waals surface area contributed by atoms with E-state index in [1.54, 1.807) is 0 Å². The Bertz CT molecular complexity index is 501. The number of hydrogen-bond acceptors (Lipinski definition) is 4. The Hall–Kier alpha value is -1.47. The molecule has 1 heterocycles. The predicted octanol–water partition coefficient (Wildman–Crippen LogP) is 0.566. The van der Waals surface area contributed by atoms with E-state index in [4.69, 9.17) is 0 Å². The highest BCUT2D eigenvalue weighted by atomic mass is 32.2. The SMILES string of the molecule is O=[N+]([O-])CS(=O)(=O)N1Cc2ccccc2C1. The zero-order valence-corrected chi connectivity index (χ0v) is 9.18. The summed E-state index contributed by atoms with van der Waals surface area (Å²) < 4.78 is 24.3. The van der Waals surface area contributed by atoms with Crippen LogP contribution in [0.5, 0.6) is 0 Å². The fourth-order valence-corrected chi connectivity index (χ4v) is 2.81. The van der Waals surface area contributed by atoms with Crippen LogP contribution in [0.15, 0.2) is 24.3 Å². The van der Waals surface area contributed by atoms with Crippen molar-refractivity contribution >= 4 is 10.0 Å². The van der Waals surface area contributed by atoms with Gasteiger partial charge in [0.25, 0.3) is 10.0 Å². The largest absolute Gasteiger partial charge is 0.315 e. The third-order valence-corrected chi connectivity index (χ3v) is 4.06. The van der Waals surface area contributed by atoms with Crippen molar-refractivity contribution in [3.05, 3.63) is 45.5 Å². The van der Waals surface area contributed by atoms with Crippen molar-refractivity contribution in [1.29, 1.82) is 0 Å². The number of sulfonamides is 1. The number of nitro groups is 1. The van der Waals surface area contributed by atoms with Crippen LogP contribution in [0.4, 0.5) is 0 Å². The minimum Gasteiger partial charge on any atom is -0.263 e. The molecule has 0 N–H and O–H groups in total. The molecule has 0 fully saturated rings. The van der Waals surface area contributed by atoms with Gasteiger partial charge in [0.05, 0.1) is 0 Å².